The Balaban J connectivity index is 1.38. The van der Waals surface area contributed by atoms with Gasteiger partial charge in [-0.2, -0.15) is 0 Å². The molecule has 0 radical (unpaired) electrons. The van der Waals surface area contributed by atoms with E-state index < -0.39 is 0 Å². The average Bonchev–Trinajstić information content (AvgIpc) is 3.28. The smallest absolute Gasteiger partial charge is 0.233 e. The van der Waals surface area contributed by atoms with E-state index in [0.717, 1.165) is 6.42 Å². The van der Waals surface area contributed by atoms with Gasteiger partial charge in [0.15, 0.2) is 0 Å². The zero-order valence-corrected chi connectivity index (χ0v) is 14.0. The average molecular weight is 340 g/mol. The number of nitrogens with zero attached hydrogens (tertiary/aromatic N) is 1. The number of nitrogens with one attached hydrogen (secondary N) is 1. The molecule has 1 saturated heterocycles. The second-order valence-electron chi connectivity index (χ2n) is 6.83. The minimum absolute atomic E-state index is 0.0811. The fourth-order valence-corrected chi connectivity index (χ4v) is 4.36. The van der Waals surface area contributed by atoms with E-state index in [1.54, 1.807) is 18.2 Å². The van der Waals surface area contributed by atoms with Crippen LogP contribution in [0.5, 0.6) is 5.75 Å². The first kappa shape index (κ1) is 15.9. The summed E-state index contributed by atoms with van der Waals surface area (Å²) in [5, 5.41) is 2.77. The van der Waals surface area contributed by atoms with Gasteiger partial charge in [0.1, 0.15) is 5.75 Å². The summed E-state index contributed by atoms with van der Waals surface area (Å²) in [7, 11) is 1.54. The summed E-state index contributed by atoms with van der Waals surface area (Å²) < 4.78 is 5.20. The van der Waals surface area contributed by atoms with E-state index in [1.165, 1.54) is 12.0 Å². The lowest BCUT2D eigenvalue weighted by Gasteiger charge is -2.17. The molecule has 1 aromatic carbocycles. The first-order valence-corrected chi connectivity index (χ1v) is 8.56. The van der Waals surface area contributed by atoms with Crippen LogP contribution in [0.25, 0.3) is 0 Å². The SMILES string of the molecule is COc1ccccc1NC(=O)CCN1C(=O)C2C3C=CC(C3)C2C1=O. The molecule has 1 aromatic rings. The molecule has 0 spiro atoms. The van der Waals surface area contributed by atoms with E-state index in [0.29, 0.717) is 11.4 Å². The van der Waals surface area contributed by atoms with Gasteiger partial charge in [0, 0.05) is 13.0 Å². The molecule has 1 aliphatic heterocycles. The molecule has 130 valence electrons. The summed E-state index contributed by atoms with van der Waals surface area (Å²) in [6.07, 6.45) is 5.12. The number of methoxy groups -OCH3 is 1. The molecule has 4 atom stereocenters. The van der Waals surface area contributed by atoms with E-state index in [1.807, 2.05) is 6.07 Å². The number of likely N-dealkylation sites (tertiary alicyclic amines) is 1. The van der Waals surface area contributed by atoms with Crippen LogP contribution in [0.1, 0.15) is 12.8 Å². The second-order valence-corrected chi connectivity index (χ2v) is 6.83. The third kappa shape index (κ3) is 2.52. The van der Waals surface area contributed by atoms with Gasteiger partial charge < -0.3 is 10.1 Å². The summed E-state index contributed by atoms with van der Waals surface area (Å²) in [5.74, 6) is 0.0655. The third-order valence-corrected chi connectivity index (χ3v) is 5.51. The molecular weight excluding hydrogens is 320 g/mol. The number of allylic oxidation sites excluding steroid dienone is 2. The standard InChI is InChI=1S/C19H20N2O4/c1-25-14-5-3-2-4-13(14)20-15(22)8-9-21-18(23)16-11-6-7-12(10-11)17(16)19(21)24/h2-7,11-12,16-17H,8-10H2,1H3,(H,20,22). The van der Waals surface area contributed by atoms with Crippen LogP contribution in [0.15, 0.2) is 36.4 Å². The maximum atomic E-state index is 12.6. The number of carbonyl (C=O) groups is 3. The topological polar surface area (TPSA) is 75.7 Å². The molecule has 1 saturated carbocycles. The van der Waals surface area contributed by atoms with Crippen LogP contribution in [-0.2, 0) is 14.4 Å². The Morgan fingerprint density at radius 1 is 1.16 bits per heavy atom. The van der Waals surface area contributed by atoms with Gasteiger partial charge >= 0.3 is 0 Å². The van der Waals surface area contributed by atoms with Crippen molar-refractivity contribution in [1.82, 2.24) is 4.90 Å². The molecule has 6 heteroatoms. The quantitative estimate of drug-likeness (QED) is 0.655. The van der Waals surface area contributed by atoms with Gasteiger partial charge in [-0.15, -0.1) is 0 Å². The van der Waals surface area contributed by atoms with Crippen molar-refractivity contribution in [3.8, 4) is 5.75 Å². The van der Waals surface area contributed by atoms with Crippen molar-refractivity contribution < 1.29 is 19.1 Å². The van der Waals surface area contributed by atoms with Crippen LogP contribution in [0.3, 0.4) is 0 Å². The number of benzene rings is 1. The number of hydrogen-bond acceptors (Lipinski definition) is 4. The Bertz CT molecular complexity index is 742. The minimum atomic E-state index is -0.247. The highest BCUT2D eigenvalue weighted by molar-refractivity contribution is 6.06. The molecule has 0 aromatic heterocycles. The normalized spacial score (nSPS) is 29.2. The molecule has 1 N–H and O–H groups in total. The molecule has 2 aliphatic carbocycles. The van der Waals surface area contributed by atoms with E-state index in [9.17, 15) is 14.4 Å². The molecule has 25 heavy (non-hydrogen) atoms. The number of rotatable bonds is 5. The molecule has 2 bridgehead atoms. The Kier molecular flexibility index (Phi) is 3.82. The largest absolute Gasteiger partial charge is 0.495 e. The summed E-state index contributed by atoms with van der Waals surface area (Å²) in [6.45, 7) is 0.130. The third-order valence-electron chi connectivity index (χ3n) is 5.51. The maximum Gasteiger partial charge on any atom is 0.233 e. The van der Waals surface area contributed by atoms with Crippen molar-refractivity contribution in [2.45, 2.75) is 12.8 Å². The van der Waals surface area contributed by atoms with Crippen LogP contribution in [0, 0.1) is 23.7 Å². The maximum absolute atomic E-state index is 12.6. The predicted molar refractivity (Wildman–Crippen MR) is 90.7 cm³/mol. The Morgan fingerprint density at radius 3 is 2.44 bits per heavy atom. The Morgan fingerprint density at radius 2 is 1.80 bits per heavy atom. The number of para-hydroxylation sites is 2. The Labute approximate surface area is 145 Å². The van der Waals surface area contributed by atoms with E-state index >= 15 is 0 Å². The lowest BCUT2D eigenvalue weighted by molar-refractivity contribution is -0.140. The van der Waals surface area contributed by atoms with Crippen molar-refractivity contribution in [2.75, 3.05) is 19.0 Å². The van der Waals surface area contributed by atoms with Gasteiger partial charge in [-0.1, -0.05) is 24.3 Å². The number of anilines is 1. The number of fused-ring (bicyclic) bond motifs is 5. The number of ether oxygens (including phenoxy) is 1. The zero-order chi connectivity index (χ0) is 17.6. The fourth-order valence-electron chi connectivity index (χ4n) is 4.36. The highest BCUT2D eigenvalue weighted by Gasteiger charge is 2.58. The summed E-state index contributed by atoms with van der Waals surface area (Å²) in [6, 6.07) is 7.12. The molecule has 3 aliphatic rings. The van der Waals surface area contributed by atoms with Crippen LogP contribution in [0.2, 0.25) is 0 Å². The highest BCUT2D eigenvalue weighted by atomic mass is 16.5. The Hall–Kier alpha value is -2.63. The first-order chi connectivity index (χ1) is 12.1. The summed E-state index contributed by atoms with van der Waals surface area (Å²) >= 11 is 0. The monoisotopic (exact) mass is 340 g/mol. The van der Waals surface area contributed by atoms with Crippen LogP contribution < -0.4 is 10.1 Å². The van der Waals surface area contributed by atoms with Gasteiger partial charge in [0.25, 0.3) is 0 Å². The number of carbonyl (C=O) groups excluding carboxylic acids is 3. The molecule has 2 fully saturated rings. The lowest BCUT2D eigenvalue weighted by atomic mass is 9.85. The van der Waals surface area contributed by atoms with Crippen molar-refractivity contribution >= 4 is 23.4 Å². The van der Waals surface area contributed by atoms with Gasteiger partial charge in [0.05, 0.1) is 24.6 Å². The zero-order valence-electron chi connectivity index (χ0n) is 14.0. The second kappa shape index (κ2) is 6.02. The number of hydrogen-bond donors (Lipinski definition) is 1. The predicted octanol–water partition coefficient (Wildman–Crippen LogP) is 1.83. The van der Waals surface area contributed by atoms with Crippen LogP contribution in [-0.4, -0.2) is 36.3 Å². The molecule has 4 rings (SSSR count). The van der Waals surface area contributed by atoms with Crippen molar-refractivity contribution in [3.05, 3.63) is 36.4 Å². The summed E-state index contributed by atoms with van der Waals surface area (Å²) in [4.78, 5) is 38.6. The van der Waals surface area contributed by atoms with E-state index in [4.69, 9.17) is 4.74 Å². The summed E-state index contributed by atoms with van der Waals surface area (Å²) in [5.41, 5.74) is 0.577. The minimum Gasteiger partial charge on any atom is -0.495 e. The molecule has 3 amide bonds. The van der Waals surface area contributed by atoms with E-state index in [-0.39, 0.29) is 54.4 Å². The molecular formula is C19H20N2O4. The highest BCUT2D eigenvalue weighted by Crippen LogP contribution is 2.52. The van der Waals surface area contributed by atoms with Crippen molar-refractivity contribution in [1.29, 1.82) is 0 Å². The van der Waals surface area contributed by atoms with Gasteiger partial charge in [0.2, 0.25) is 17.7 Å². The van der Waals surface area contributed by atoms with Crippen molar-refractivity contribution in [3.63, 3.8) is 0 Å². The molecule has 4 unspecified atom stereocenters. The van der Waals surface area contributed by atoms with Gasteiger partial charge in [-0.3, -0.25) is 19.3 Å². The van der Waals surface area contributed by atoms with Crippen LogP contribution in [0.4, 0.5) is 5.69 Å². The van der Waals surface area contributed by atoms with Crippen molar-refractivity contribution in [2.24, 2.45) is 23.7 Å². The van der Waals surface area contributed by atoms with Crippen LogP contribution >= 0.6 is 0 Å². The number of amides is 3. The van der Waals surface area contributed by atoms with Gasteiger partial charge in [-0.05, 0) is 30.4 Å². The molecule has 6 nitrogen and oxygen atoms in total. The van der Waals surface area contributed by atoms with Gasteiger partial charge in [-0.25, -0.2) is 0 Å². The first-order valence-electron chi connectivity index (χ1n) is 8.56. The number of imide groups is 1. The molecule has 1 heterocycles. The lowest BCUT2D eigenvalue weighted by Crippen LogP contribution is -2.35. The fraction of sp³-hybridized carbons (Fsp3) is 0.421. The van der Waals surface area contributed by atoms with E-state index in [2.05, 4.69) is 17.5 Å².